The third-order valence-electron chi connectivity index (χ3n) is 5.21. The molecule has 1 saturated heterocycles. The molecule has 2 aromatic carbocycles. The molecule has 3 rings (SSSR count). The number of nitrogens with one attached hydrogen (secondary N) is 1. The Hall–Kier alpha value is -2.25. The molecular formula is C21H25FN2O3S. The molecule has 0 aliphatic carbocycles. The van der Waals surface area contributed by atoms with Crippen LogP contribution in [-0.4, -0.2) is 38.9 Å². The van der Waals surface area contributed by atoms with Gasteiger partial charge in [-0.2, -0.15) is 0 Å². The maximum atomic E-state index is 13.4. The number of benzene rings is 2. The molecule has 5 nitrogen and oxygen atoms in total. The van der Waals surface area contributed by atoms with Crippen molar-refractivity contribution in [2.45, 2.75) is 31.1 Å². The molecule has 0 unspecified atom stereocenters. The highest BCUT2D eigenvalue weighted by atomic mass is 32.2. The fourth-order valence-electron chi connectivity index (χ4n) is 3.53. The highest BCUT2D eigenvalue weighted by Gasteiger charge is 2.24. The molecule has 1 N–H and O–H groups in total. The van der Waals surface area contributed by atoms with Crippen molar-refractivity contribution in [2.24, 2.45) is 5.92 Å². The van der Waals surface area contributed by atoms with Crippen molar-refractivity contribution in [3.05, 3.63) is 65.5 Å². The van der Waals surface area contributed by atoms with Crippen molar-refractivity contribution in [3.63, 3.8) is 0 Å². The third-order valence-corrected chi connectivity index (χ3v) is 6.81. The largest absolute Gasteiger partial charge is 0.339 e. The average molecular weight is 405 g/mol. The fraction of sp³-hybridized carbons (Fsp3) is 0.381. The van der Waals surface area contributed by atoms with Crippen LogP contribution in [0.2, 0.25) is 0 Å². The van der Waals surface area contributed by atoms with Crippen molar-refractivity contribution >= 4 is 15.9 Å². The van der Waals surface area contributed by atoms with Crippen molar-refractivity contribution in [2.75, 3.05) is 19.6 Å². The van der Waals surface area contributed by atoms with Crippen LogP contribution in [0, 0.1) is 18.7 Å². The number of aryl methyl sites for hydroxylation is 1. The second-order valence-corrected chi connectivity index (χ2v) is 8.93. The Morgan fingerprint density at radius 1 is 1.14 bits per heavy atom. The van der Waals surface area contributed by atoms with E-state index in [4.69, 9.17) is 0 Å². The molecule has 1 fully saturated rings. The number of carbonyl (C=O) groups is 1. The van der Waals surface area contributed by atoms with Crippen LogP contribution in [0.25, 0.3) is 0 Å². The molecule has 28 heavy (non-hydrogen) atoms. The van der Waals surface area contributed by atoms with Gasteiger partial charge in [-0.15, -0.1) is 0 Å². The van der Waals surface area contributed by atoms with Crippen LogP contribution in [0.3, 0.4) is 0 Å². The Bertz CT molecular complexity index is 924. The molecular weight excluding hydrogens is 379 g/mol. The number of likely N-dealkylation sites (tertiary alicyclic amines) is 1. The molecule has 0 bridgehead atoms. The van der Waals surface area contributed by atoms with Crippen LogP contribution >= 0.6 is 0 Å². The predicted molar refractivity (Wildman–Crippen MR) is 106 cm³/mol. The maximum absolute atomic E-state index is 13.4. The summed E-state index contributed by atoms with van der Waals surface area (Å²) >= 11 is 0. The smallest absolute Gasteiger partial charge is 0.253 e. The van der Waals surface area contributed by atoms with E-state index in [1.54, 1.807) is 6.92 Å². The third kappa shape index (κ3) is 4.97. The summed E-state index contributed by atoms with van der Waals surface area (Å²) in [6.07, 6.45) is 2.39. The first-order valence-corrected chi connectivity index (χ1v) is 11.0. The van der Waals surface area contributed by atoms with E-state index in [1.165, 1.54) is 12.1 Å². The first kappa shape index (κ1) is 20.5. The summed E-state index contributed by atoms with van der Waals surface area (Å²) in [7, 11) is -3.73. The van der Waals surface area contributed by atoms with Gasteiger partial charge in [0.25, 0.3) is 5.91 Å². The summed E-state index contributed by atoms with van der Waals surface area (Å²) in [5.74, 6) is -0.168. The summed E-state index contributed by atoms with van der Waals surface area (Å²) in [5, 5.41) is 0. The van der Waals surface area contributed by atoms with Gasteiger partial charge in [-0.05, 0) is 61.9 Å². The van der Waals surface area contributed by atoms with Gasteiger partial charge in [0.1, 0.15) is 5.82 Å². The zero-order chi connectivity index (χ0) is 20.1. The number of hydrogen-bond acceptors (Lipinski definition) is 3. The molecule has 0 spiro atoms. The molecule has 150 valence electrons. The van der Waals surface area contributed by atoms with Crippen LogP contribution in [0.1, 0.15) is 35.2 Å². The summed E-state index contributed by atoms with van der Waals surface area (Å²) in [6.45, 7) is 3.30. The molecule has 1 aliphatic heterocycles. The number of piperidine rings is 1. The molecule has 0 atom stereocenters. The normalized spacial score (nSPS) is 15.6. The van der Waals surface area contributed by atoms with Crippen molar-refractivity contribution < 1.29 is 17.6 Å². The molecule has 1 amide bonds. The van der Waals surface area contributed by atoms with E-state index in [2.05, 4.69) is 4.72 Å². The lowest BCUT2D eigenvalue weighted by Crippen LogP contribution is -2.39. The standard InChI is InChI=1S/C21H25FN2O3S/c1-16-7-8-19(22)15-20(16)28(26,27)23-12-9-17-10-13-24(14-11-17)21(25)18-5-3-2-4-6-18/h2-8,15,17,23H,9-14H2,1H3. The van der Waals surface area contributed by atoms with Crippen LogP contribution < -0.4 is 4.72 Å². The summed E-state index contributed by atoms with van der Waals surface area (Å²) in [4.78, 5) is 14.3. The number of rotatable bonds is 6. The Morgan fingerprint density at radius 3 is 2.50 bits per heavy atom. The van der Waals surface area contributed by atoms with Crippen LogP contribution in [0.4, 0.5) is 4.39 Å². The van der Waals surface area contributed by atoms with Crippen LogP contribution in [0.15, 0.2) is 53.4 Å². The highest BCUT2D eigenvalue weighted by Crippen LogP contribution is 2.22. The number of nitrogens with zero attached hydrogens (tertiary/aromatic N) is 1. The summed E-state index contributed by atoms with van der Waals surface area (Å²) in [6, 6.07) is 13.0. The van der Waals surface area contributed by atoms with E-state index >= 15 is 0 Å². The quantitative estimate of drug-likeness (QED) is 0.803. The number of amides is 1. The highest BCUT2D eigenvalue weighted by molar-refractivity contribution is 7.89. The topological polar surface area (TPSA) is 66.5 Å². The zero-order valence-electron chi connectivity index (χ0n) is 15.9. The Morgan fingerprint density at radius 2 is 1.82 bits per heavy atom. The molecule has 7 heteroatoms. The second-order valence-electron chi connectivity index (χ2n) is 7.20. The van der Waals surface area contributed by atoms with Gasteiger partial charge in [0.15, 0.2) is 0 Å². The first-order chi connectivity index (χ1) is 13.4. The van der Waals surface area contributed by atoms with Crippen LogP contribution in [-0.2, 0) is 10.0 Å². The van der Waals surface area contributed by atoms with Gasteiger partial charge in [-0.25, -0.2) is 17.5 Å². The lowest BCUT2D eigenvalue weighted by Gasteiger charge is -2.32. The molecule has 1 aliphatic rings. The molecule has 0 aromatic heterocycles. The lowest BCUT2D eigenvalue weighted by atomic mass is 9.93. The van der Waals surface area contributed by atoms with E-state index in [1.807, 2.05) is 35.2 Å². The molecule has 2 aromatic rings. The SMILES string of the molecule is Cc1ccc(F)cc1S(=O)(=O)NCCC1CCN(C(=O)c2ccccc2)CC1. The van der Waals surface area contributed by atoms with Crippen molar-refractivity contribution in [1.82, 2.24) is 9.62 Å². The number of hydrogen-bond donors (Lipinski definition) is 1. The van der Waals surface area contributed by atoms with Gasteiger partial charge in [-0.1, -0.05) is 24.3 Å². The Kier molecular flexibility index (Phi) is 6.46. The van der Waals surface area contributed by atoms with Gasteiger partial charge in [-0.3, -0.25) is 4.79 Å². The van der Waals surface area contributed by atoms with E-state index in [0.29, 0.717) is 43.1 Å². The van der Waals surface area contributed by atoms with E-state index in [-0.39, 0.29) is 10.8 Å². The zero-order valence-corrected chi connectivity index (χ0v) is 16.7. The maximum Gasteiger partial charge on any atom is 0.253 e. The average Bonchev–Trinajstić information content (AvgIpc) is 2.70. The second kappa shape index (κ2) is 8.84. The lowest BCUT2D eigenvalue weighted by molar-refractivity contribution is 0.0687. The molecule has 0 saturated carbocycles. The minimum Gasteiger partial charge on any atom is -0.339 e. The van der Waals surface area contributed by atoms with Gasteiger partial charge in [0.2, 0.25) is 10.0 Å². The van der Waals surface area contributed by atoms with Crippen LogP contribution in [0.5, 0.6) is 0 Å². The van der Waals surface area contributed by atoms with Gasteiger partial charge in [0, 0.05) is 25.2 Å². The van der Waals surface area contributed by atoms with Gasteiger partial charge >= 0.3 is 0 Å². The number of carbonyl (C=O) groups excluding carboxylic acids is 1. The Labute approximate surface area is 165 Å². The van der Waals surface area contributed by atoms with Crippen molar-refractivity contribution in [1.29, 1.82) is 0 Å². The molecule has 0 radical (unpaired) electrons. The first-order valence-electron chi connectivity index (χ1n) is 9.47. The van der Waals surface area contributed by atoms with E-state index < -0.39 is 15.8 Å². The minimum atomic E-state index is -3.73. The monoisotopic (exact) mass is 404 g/mol. The van der Waals surface area contributed by atoms with E-state index in [9.17, 15) is 17.6 Å². The van der Waals surface area contributed by atoms with E-state index in [0.717, 1.165) is 18.9 Å². The molecule has 1 heterocycles. The van der Waals surface area contributed by atoms with Gasteiger partial charge in [0.05, 0.1) is 4.90 Å². The van der Waals surface area contributed by atoms with Gasteiger partial charge < -0.3 is 4.90 Å². The number of halogens is 1. The predicted octanol–water partition coefficient (Wildman–Crippen LogP) is 3.35. The fourth-order valence-corrected chi connectivity index (χ4v) is 4.83. The Balaban J connectivity index is 1.48. The summed E-state index contributed by atoms with van der Waals surface area (Å²) < 4.78 is 40.8. The summed E-state index contributed by atoms with van der Waals surface area (Å²) in [5.41, 5.74) is 1.21. The van der Waals surface area contributed by atoms with Crippen molar-refractivity contribution in [3.8, 4) is 0 Å². The minimum absolute atomic E-state index is 0.0178. The number of sulfonamides is 1.